The molecule has 0 saturated carbocycles. The maximum absolute atomic E-state index is 12.7. The summed E-state index contributed by atoms with van der Waals surface area (Å²) in [4.78, 5) is 5.19. The van der Waals surface area contributed by atoms with Gasteiger partial charge in [-0.2, -0.15) is 0 Å². The molecule has 4 heteroatoms. The Morgan fingerprint density at radius 3 is 2.56 bits per heavy atom. The average Bonchev–Trinajstić information content (AvgIpc) is 2.28. The molecular formula is C12H9ClFNS. The Morgan fingerprint density at radius 1 is 1.12 bits per heavy atom. The molecule has 2 rings (SSSR count). The Kier molecular flexibility index (Phi) is 3.80. The number of halogens is 2. The topological polar surface area (TPSA) is 12.9 Å². The number of thioether (sulfide) groups is 1. The molecule has 0 fully saturated rings. The minimum Gasteiger partial charge on any atom is -0.240 e. The fourth-order valence-corrected chi connectivity index (χ4v) is 2.20. The third kappa shape index (κ3) is 3.22. The molecule has 16 heavy (non-hydrogen) atoms. The normalized spacial score (nSPS) is 10.4. The van der Waals surface area contributed by atoms with Crippen LogP contribution in [0.4, 0.5) is 4.39 Å². The summed E-state index contributed by atoms with van der Waals surface area (Å²) in [5.41, 5.74) is 0.918. The van der Waals surface area contributed by atoms with Crippen LogP contribution in [0.15, 0.2) is 47.4 Å². The summed E-state index contributed by atoms with van der Waals surface area (Å²) < 4.78 is 12.7. The molecule has 0 atom stereocenters. The second-order valence-electron chi connectivity index (χ2n) is 3.19. The molecule has 82 valence electrons. The van der Waals surface area contributed by atoms with Crippen LogP contribution in [-0.4, -0.2) is 4.98 Å². The lowest BCUT2D eigenvalue weighted by Gasteiger charge is -2.01. The van der Waals surface area contributed by atoms with Gasteiger partial charge in [0.15, 0.2) is 0 Å². The summed E-state index contributed by atoms with van der Waals surface area (Å²) in [6, 6.07) is 11.9. The van der Waals surface area contributed by atoms with Gasteiger partial charge in [0.05, 0.1) is 5.69 Å². The van der Waals surface area contributed by atoms with Crippen molar-refractivity contribution in [3.8, 4) is 0 Å². The lowest BCUT2D eigenvalue weighted by Crippen LogP contribution is -1.86. The zero-order valence-electron chi connectivity index (χ0n) is 8.36. The first-order valence-electron chi connectivity index (χ1n) is 4.74. The molecule has 0 N–H and O–H groups in total. The van der Waals surface area contributed by atoms with Gasteiger partial charge in [0.1, 0.15) is 11.0 Å². The minimum absolute atomic E-state index is 0.217. The monoisotopic (exact) mass is 253 g/mol. The van der Waals surface area contributed by atoms with Crippen LogP contribution in [0.25, 0.3) is 0 Å². The van der Waals surface area contributed by atoms with E-state index in [2.05, 4.69) is 4.98 Å². The van der Waals surface area contributed by atoms with Gasteiger partial charge in [0.2, 0.25) is 0 Å². The second-order valence-corrected chi connectivity index (χ2v) is 4.63. The lowest BCUT2D eigenvalue weighted by molar-refractivity contribution is 0.626. The van der Waals surface area contributed by atoms with E-state index in [-0.39, 0.29) is 5.82 Å². The van der Waals surface area contributed by atoms with Crippen LogP contribution in [0.1, 0.15) is 5.69 Å². The first-order valence-corrected chi connectivity index (χ1v) is 6.10. The summed E-state index contributed by atoms with van der Waals surface area (Å²) in [7, 11) is 0. The van der Waals surface area contributed by atoms with Crippen molar-refractivity contribution < 1.29 is 4.39 Å². The van der Waals surface area contributed by atoms with Crippen molar-refractivity contribution in [1.82, 2.24) is 4.98 Å². The highest BCUT2D eigenvalue weighted by molar-refractivity contribution is 7.98. The number of nitrogens with zero attached hydrogens (tertiary/aromatic N) is 1. The van der Waals surface area contributed by atoms with Crippen LogP contribution in [0.3, 0.4) is 0 Å². The summed E-state index contributed by atoms with van der Waals surface area (Å²) in [5.74, 6) is 0.511. The summed E-state index contributed by atoms with van der Waals surface area (Å²) in [6.07, 6.45) is 0. The van der Waals surface area contributed by atoms with Crippen molar-refractivity contribution in [3.05, 3.63) is 59.1 Å². The Morgan fingerprint density at radius 2 is 1.88 bits per heavy atom. The highest BCUT2D eigenvalue weighted by Crippen LogP contribution is 2.22. The number of rotatable bonds is 3. The van der Waals surface area contributed by atoms with E-state index in [1.165, 1.54) is 12.1 Å². The van der Waals surface area contributed by atoms with Crippen molar-refractivity contribution in [1.29, 1.82) is 0 Å². The Labute approximate surface area is 103 Å². The fraction of sp³-hybridized carbons (Fsp3) is 0.0833. The number of hydrogen-bond acceptors (Lipinski definition) is 2. The van der Waals surface area contributed by atoms with Gasteiger partial charge in [-0.15, -0.1) is 11.8 Å². The van der Waals surface area contributed by atoms with Gasteiger partial charge in [-0.1, -0.05) is 17.7 Å². The molecule has 0 aliphatic rings. The fourth-order valence-electron chi connectivity index (χ4n) is 1.22. The third-order valence-electron chi connectivity index (χ3n) is 1.97. The Hall–Kier alpha value is -1.06. The molecule has 0 amide bonds. The largest absolute Gasteiger partial charge is 0.240 e. The van der Waals surface area contributed by atoms with Gasteiger partial charge in [-0.25, -0.2) is 9.37 Å². The van der Waals surface area contributed by atoms with E-state index in [1.54, 1.807) is 30.0 Å². The molecule has 1 heterocycles. The Bertz CT molecular complexity index is 473. The summed E-state index contributed by atoms with van der Waals surface area (Å²) in [6.45, 7) is 0. The molecule has 2 aromatic rings. The minimum atomic E-state index is -0.217. The van der Waals surface area contributed by atoms with Crippen LogP contribution < -0.4 is 0 Å². The second kappa shape index (κ2) is 5.32. The van der Waals surface area contributed by atoms with Crippen molar-refractivity contribution >= 4 is 23.4 Å². The van der Waals surface area contributed by atoms with Crippen LogP contribution in [0, 0.1) is 5.82 Å². The molecular weight excluding hydrogens is 245 g/mol. The molecule has 0 saturated heterocycles. The summed E-state index contributed by atoms with van der Waals surface area (Å²) >= 11 is 7.38. The van der Waals surface area contributed by atoms with E-state index in [0.29, 0.717) is 5.15 Å². The van der Waals surface area contributed by atoms with E-state index in [4.69, 9.17) is 11.6 Å². The zero-order chi connectivity index (χ0) is 11.4. The van der Waals surface area contributed by atoms with E-state index in [1.807, 2.05) is 12.1 Å². The number of benzene rings is 1. The molecule has 0 radical (unpaired) electrons. The first-order chi connectivity index (χ1) is 7.74. The molecule has 1 nitrogen and oxygen atoms in total. The van der Waals surface area contributed by atoms with Crippen LogP contribution in [0.2, 0.25) is 5.15 Å². The molecule has 0 spiro atoms. The van der Waals surface area contributed by atoms with Crippen LogP contribution in [0.5, 0.6) is 0 Å². The van der Waals surface area contributed by atoms with E-state index in [9.17, 15) is 4.39 Å². The van der Waals surface area contributed by atoms with Crippen molar-refractivity contribution in [3.63, 3.8) is 0 Å². The molecule has 0 aliphatic carbocycles. The predicted octanol–water partition coefficient (Wildman–Crippen LogP) is 4.17. The van der Waals surface area contributed by atoms with Gasteiger partial charge in [0.25, 0.3) is 0 Å². The van der Waals surface area contributed by atoms with Crippen LogP contribution >= 0.6 is 23.4 Å². The number of pyridine rings is 1. The molecule has 0 bridgehead atoms. The SMILES string of the molecule is Fc1ccc(SCc2cccc(Cl)n2)cc1. The molecule has 1 aromatic heterocycles. The average molecular weight is 254 g/mol. The standard InChI is InChI=1S/C12H9ClFNS/c13-12-3-1-2-10(15-12)8-16-11-6-4-9(14)5-7-11/h1-7H,8H2. The van der Waals surface area contributed by atoms with Gasteiger partial charge in [-0.05, 0) is 36.4 Å². The molecule has 1 aromatic carbocycles. The third-order valence-corrected chi connectivity index (χ3v) is 3.23. The van der Waals surface area contributed by atoms with Gasteiger partial charge in [-0.3, -0.25) is 0 Å². The maximum atomic E-state index is 12.7. The smallest absolute Gasteiger partial charge is 0.129 e. The zero-order valence-corrected chi connectivity index (χ0v) is 9.93. The highest BCUT2D eigenvalue weighted by Gasteiger charge is 1.98. The predicted molar refractivity (Wildman–Crippen MR) is 65.2 cm³/mol. The molecule has 0 unspecified atom stereocenters. The van der Waals surface area contributed by atoms with E-state index < -0.39 is 0 Å². The first kappa shape index (κ1) is 11.4. The lowest BCUT2D eigenvalue weighted by atomic mass is 10.3. The quantitative estimate of drug-likeness (QED) is 0.602. The van der Waals surface area contributed by atoms with Gasteiger partial charge < -0.3 is 0 Å². The Balaban J connectivity index is 1.99. The van der Waals surface area contributed by atoms with E-state index in [0.717, 1.165) is 16.3 Å². The van der Waals surface area contributed by atoms with Crippen molar-refractivity contribution in [2.45, 2.75) is 10.6 Å². The van der Waals surface area contributed by atoms with Gasteiger partial charge in [0, 0.05) is 10.6 Å². The number of hydrogen-bond donors (Lipinski definition) is 0. The van der Waals surface area contributed by atoms with Crippen LogP contribution in [-0.2, 0) is 5.75 Å². The highest BCUT2D eigenvalue weighted by atomic mass is 35.5. The number of aromatic nitrogens is 1. The summed E-state index contributed by atoms with van der Waals surface area (Å²) in [5, 5.41) is 0.497. The van der Waals surface area contributed by atoms with Crippen molar-refractivity contribution in [2.75, 3.05) is 0 Å². The molecule has 0 aliphatic heterocycles. The van der Waals surface area contributed by atoms with Gasteiger partial charge >= 0.3 is 0 Å². The van der Waals surface area contributed by atoms with E-state index >= 15 is 0 Å². The maximum Gasteiger partial charge on any atom is 0.129 e. The van der Waals surface area contributed by atoms with Crippen molar-refractivity contribution in [2.24, 2.45) is 0 Å².